The highest BCUT2D eigenvalue weighted by Gasteiger charge is 2.25. The van der Waals surface area contributed by atoms with Crippen LogP contribution in [0.25, 0.3) is 0 Å². The molecule has 1 aromatic rings. The first kappa shape index (κ1) is 13.0. The lowest BCUT2D eigenvalue weighted by Crippen LogP contribution is -2.19. The zero-order valence-electron chi connectivity index (χ0n) is 9.22. The molecule has 1 aliphatic rings. The standard InChI is InChI=1S/C12H15NO2.ClH/c1-13(11-6-7-11)8-9-2-4-10(5-3-9)12(14)15;/h2-5,11H,6-8H2,1H3,(H,14,15);1H. The molecule has 0 radical (unpaired) electrons. The molecule has 0 saturated heterocycles. The largest absolute Gasteiger partial charge is 0.478 e. The number of carboxylic acids is 1. The van der Waals surface area contributed by atoms with E-state index in [1.807, 2.05) is 12.1 Å². The fourth-order valence-electron chi connectivity index (χ4n) is 1.69. The molecule has 16 heavy (non-hydrogen) atoms. The highest BCUT2D eigenvalue weighted by Crippen LogP contribution is 2.26. The Morgan fingerprint density at radius 1 is 1.38 bits per heavy atom. The molecule has 0 aromatic heterocycles. The molecule has 1 aromatic carbocycles. The Labute approximate surface area is 101 Å². The number of nitrogens with zero attached hydrogens (tertiary/aromatic N) is 1. The van der Waals surface area contributed by atoms with E-state index in [0.717, 1.165) is 12.6 Å². The van der Waals surface area contributed by atoms with Gasteiger partial charge in [0.2, 0.25) is 0 Å². The molecule has 0 bridgehead atoms. The first-order chi connectivity index (χ1) is 7.16. The highest BCUT2D eigenvalue weighted by molar-refractivity contribution is 5.87. The Morgan fingerprint density at radius 2 is 1.94 bits per heavy atom. The zero-order valence-corrected chi connectivity index (χ0v) is 10.0. The molecular formula is C12H16ClNO2. The van der Waals surface area contributed by atoms with E-state index in [0.29, 0.717) is 5.56 Å². The molecule has 1 aliphatic carbocycles. The van der Waals surface area contributed by atoms with Gasteiger partial charge in [-0.2, -0.15) is 0 Å². The number of hydrogen-bond donors (Lipinski definition) is 1. The third-order valence-corrected chi connectivity index (χ3v) is 2.80. The van der Waals surface area contributed by atoms with Gasteiger partial charge in [0.05, 0.1) is 5.56 Å². The molecule has 0 spiro atoms. The van der Waals surface area contributed by atoms with E-state index in [1.165, 1.54) is 18.4 Å². The predicted octanol–water partition coefficient (Wildman–Crippen LogP) is 2.40. The fraction of sp³-hybridized carbons (Fsp3) is 0.417. The predicted molar refractivity (Wildman–Crippen MR) is 65.1 cm³/mol. The van der Waals surface area contributed by atoms with Crippen LogP contribution in [-0.2, 0) is 6.54 Å². The van der Waals surface area contributed by atoms with Gasteiger partial charge < -0.3 is 5.11 Å². The molecule has 1 fully saturated rings. The van der Waals surface area contributed by atoms with Gasteiger partial charge in [0.1, 0.15) is 0 Å². The Bertz CT molecular complexity index is 360. The Hall–Kier alpha value is -1.06. The van der Waals surface area contributed by atoms with E-state index in [4.69, 9.17) is 5.11 Å². The summed E-state index contributed by atoms with van der Waals surface area (Å²) >= 11 is 0. The molecule has 0 unspecified atom stereocenters. The van der Waals surface area contributed by atoms with Gasteiger partial charge in [0.25, 0.3) is 0 Å². The van der Waals surface area contributed by atoms with Crippen molar-refractivity contribution in [3.05, 3.63) is 35.4 Å². The second-order valence-corrected chi connectivity index (χ2v) is 4.15. The summed E-state index contributed by atoms with van der Waals surface area (Å²) in [6, 6.07) is 7.85. The molecule has 4 heteroatoms. The number of hydrogen-bond acceptors (Lipinski definition) is 2. The highest BCUT2D eigenvalue weighted by atomic mass is 35.5. The molecule has 1 N–H and O–H groups in total. The number of rotatable bonds is 4. The average Bonchev–Trinajstić information content (AvgIpc) is 3.01. The van der Waals surface area contributed by atoms with Crippen LogP contribution in [0.2, 0.25) is 0 Å². The average molecular weight is 242 g/mol. The smallest absolute Gasteiger partial charge is 0.335 e. The lowest BCUT2D eigenvalue weighted by Gasteiger charge is -2.15. The summed E-state index contributed by atoms with van der Waals surface area (Å²) in [6.45, 7) is 0.907. The summed E-state index contributed by atoms with van der Waals surface area (Å²) in [6.07, 6.45) is 2.59. The third-order valence-electron chi connectivity index (χ3n) is 2.80. The molecule has 0 amide bonds. The Balaban J connectivity index is 0.00000128. The number of benzene rings is 1. The van der Waals surface area contributed by atoms with Gasteiger partial charge in [-0.1, -0.05) is 12.1 Å². The van der Waals surface area contributed by atoms with E-state index in [1.54, 1.807) is 12.1 Å². The zero-order chi connectivity index (χ0) is 10.8. The van der Waals surface area contributed by atoms with Crippen LogP contribution in [-0.4, -0.2) is 29.1 Å². The maximum absolute atomic E-state index is 10.6. The van der Waals surface area contributed by atoms with Crippen molar-refractivity contribution in [1.29, 1.82) is 0 Å². The maximum Gasteiger partial charge on any atom is 0.335 e. The summed E-state index contributed by atoms with van der Waals surface area (Å²) in [7, 11) is 2.11. The monoisotopic (exact) mass is 241 g/mol. The van der Waals surface area contributed by atoms with Crippen LogP contribution in [0.4, 0.5) is 0 Å². The van der Waals surface area contributed by atoms with Gasteiger partial charge in [-0.3, -0.25) is 4.90 Å². The van der Waals surface area contributed by atoms with Crippen molar-refractivity contribution >= 4 is 18.4 Å². The number of aromatic carboxylic acids is 1. The second-order valence-electron chi connectivity index (χ2n) is 4.15. The minimum atomic E-state index is -0.864. The van der Waals surface area contributed by atoms with Crippen LogP contribution in [0.15, 0.2) is 24.3 Å². The normalized spacial score (nSPS) is 14.6. The first-order valence-corrected chi connectivity index (χ1v) is 5.19. The van der Waals surface area contributed by atoms with Crippen molar-refractivity contribution in [3.63, 3.8) is 0 Å². The van der Waals surface area contributed by atoms with Crippen LogP contribution >= 0.6 is 12.4 Å². The van der Waals surface area contributed by atoms with Gasteiger partial charge in [-0.25, -0.2) is 4.79 Å². The summed E-state index contributed by atoms with van der Waals surface area (Å²) in [5.41, 5.74) is 1.53. The van der Waals surface area contributed by atoms with E-state index < -0.39 is 5.97 Å². The van der Waals surface area contributed by atoms with Crippen molar-refractivity contribution in [1.82, 2.24) is 4.90 Å². The number of halogens is 1. The third kappa shape index (κ3) is 3.22. The fourth-order valence-corrected chi connectivity index (χ4v) is 1.69. The SMILES string of the molecule is CN(Cc1ccc(C(=O)O)cc1)C1CC1.Cl. The van der Waals surface area contributed by atoms with Crippen molar-refractivity contribution in [2.75, 3.05) is 7.05 Å². The van der Waals surface area contributed by atoms with Gasteiger partial charge in [0.15, 0.2) is 0 Å². The Kier molecular flexibility index (Phi) is 4.33. The van der Waals surface area contributed by atoms with Crippen LogP contribution in [0.3, 0.4) is 0 Å². The molecule has 0 aliphatic heterocycles. The second kappa shape index (κ2) is 5.32. The van der Waals surface area contributed by atoms with E-state index in [9.17, 15) is 4.79 Å². The lowest BCUT2D eigenvalue weighted by molar-refractivity contribution is 0.0697. The van der Waals surface area contributed by atoms with Crippen LogP contribution < -0.4 is 0 Å². The molecule has 2 rings (SSSR count). The van der Waals surface area contributed by atoms with E-state index >= 15 is 0 Å². The topological polar surface area (TPSA) is 40.5 Å². The van der Waals surface area contributed by atoms with Crippen molar-refractivity contribution in [2.24, 2.45) is 0 Å². The van der Waals surface area contributed by atoms with Gasteiger partial charge in [-0.05, 0) is 37.6 Å². The van der Waals surface area contributed by atoms with Gasteiger partial charge in [-0.15, -0.1) is 12.4 Å². The van der Waals surface area contributed by atoms with E-state index in [2.05, 4.69) is 11.9 Å². The van der Waals surface area contributed by atoms with Gasteiger partial charge in [0, 0.05) is 12.6 Å². The quantitative estimate of drug-likeness (QED) is 0.880. The summed E-state index contributed by atoms with van der Waals surface area (Å²) in [4.78, 5) is 13.0. The molecule has 1 saturated carbocycles. The molecule has 0 atom stereocenters. The van der Waals surface area contributed by atoms with Crippen LogP contribution in [0, 0.1) is 0 Å². The van der Waals surface area contributed by atoms with Crippen molar-refractivity contribution < 1.29 is 9.90 Å². The lowest BCUT2D eigenvalue weighted by atomic mass is 10.1. The Morgan fingerprint density at radius 3 is 2.38 bits per heavy atom. The minimum absolute atomic E-state index is 0. The summed E-state index contributed by atoms with van der Waals surface area (Å²) < 4.78 is 0. The molecular weight excluding hydrogens is 226 g/mol. The maximum atomic E-state index is 10.6. The molecule has 88 valence electrons. The summed E-state index contributed by atoms with van der Waals surface area (Å²) in [5.74, 6) is -0.864. The van der Waals surface area contributed by atoms with E-state index in [-0.39, 0.29) is 12.4 Å². The number of carbonyl (C=O) groups is 1. The first-order valence-electron chi connectivity index (χ1n) is 5.19. The van der Waals surface area contributed by atoms with Crippen LogP contribution in [0.5, 0.6) is 0 Å². The number of carboxylic acid groups (broad SMARTS) is 1. The van der Waals surface area contributed by atoms with Gasteiger partial charge >= 0.3 is 5.97 Å². The molecule has 3 nitrogen and oxygen atoms in total. The summed E-state index contributed by atoms with van der Waals surface area (Å²) in [5, 5.41) is 8.75. The van der Waals surface area contributed by atoms with Crippen molar-refractivity contribution in [3.8, 4) is 0 Å². The van der Waals surface area contributed by atoms with Crippen molar-refractivity contribution in [2.45, 2.75) is 25.4 Å². The minimum Gasteiger partial charge on any atom is -0.478 e. The van der Waals surface area contributed by atoms with Crippen LogP contribution in [0.1, 0.15) is 28.8 Å². The molecule has 0 heterocycles.